The number of carbonyl (C=O) groups excluding carboxylic acids is 2. The van der Waals surface area contributed by atoms with E-state index in [1.165, 1.54) is 16.4 Å². The summed E-state index contributed by atoms with van der Waals surface area (Å²) in [5, 5.41) is 15.8. The number of benzene rings is 2. The summed E-state index contributed by atoms with van der Waals surface area (Å²) < 4.78 is 45.3. The SMILES string of the molecule is C#CCCC(=O)N(NC(=O)CNCCOC)C(Cc1ccccc1)[C@H](O)CN(CC(C)C)S(=O)(=O)c1ccc2c(c1)OCCO2. The number of hydrogen-bond donors (Lipinski definition) is 3. The number of aliphatic hydroxyl groups excluding tert-OH is 1. The predicted octanol–water partition coefficient (Wildman–Crippen LogP) is 1.59. The van der Waals surface area contributed by atoms with Gasteiger partial charge < -0.3 is 24.6 Å². The number of hydrogen-bond acceptors (Lipinski definition) is 9. The lowest BCUT2D eigenvalue weighted by molar-refractivity contribution is -0.147. The molecule has 13 heteroatoms. The van der Waals surface area contributed by atoms with Gasteiger partial charge in [-0.3, -0.25) is 15.0 Å². The molecule has 1 unspecified atom stereocenters. The van der Waals surface area contributed by atoms with Crippen LogP contribution in [0.3, 0.4) is 0 Å². The number of amides is 2. The lowest BCUT2D eigenvalue weighted by atomic mass is 9.99. The first-order valence-electron chi connectivity index (χ1n) is 14.9. The third-order valence-corrected chi connectivity index (χ3v) is 8.77. The second-order valence-corrected chi connectivity index (χ2v) is 13.0. The molecule has 2 atom stereocenters. The fourth-order valence-electron chi connectivity index (χ4n) is 4.78. The maximum Gasteiger partial charge on any atom is 0.252 e. The number of aliphatic hydroxyl groups is 1. The van der Waals surface area contributed by atoms with Crippen molar-refractivity contribution in [3.8, 4) is 23.8 Å². The number of rotatable bonds is 17. The fraction of sp³-hybridized carbons (Fsp3) is 0.500. The molecule has 12 nitrogen and oxygen atoms in total. The summed E-state index contributed by atoms with van der Waals surface area (Å²) in [4.78, 5) is 26.4. The van der Waals surface area contributed by atoms with Crippen molar-refractivity contribution in [1.29, 1.82) is 0 Å². The average Bonchev–Trinajstić information content (AvgIpc) is 3.03. The number of methoxy groups -OCH3 is 1. The maximum absolute atomic E-state index is 14.0. The molecule has 0 aliphatic carbocycles. The van der Waals surface area contributed by atoms with Gasteiger partial charge in [-0.1, -0.05) is 44.2 Å². The lowest BCUT2D eigenvalue weighted by Gasteiger charge is -2.37. The molecule has 246 valence electrons. The third-order valence-electron chi connectivity index (χ3n) is 6.94. The number of fused-ring (bicyclic) bond motifs is 1. The molecule has 1 aliphatic heterocycles. The molecule has 0 spiro atoms. The number of carbonyl (C=O) groups is 2. The van der Waals surface area contributed by atoms with Gasteiger partial charge in [-0.2, -0.15) is 4.31 Å². The van der Waals surface area contributed by atoms with Crippen molar-refractivity contribution < 1.29 is 37.3 Å². The van der Waals surface area contributed by atoms with Crippen molar-refractivity contribution in [2.24, 2.45) is 5.92 Å². The standard InChI is InChI=1S/C32H44N4O8S/c1-5-6-12-32(39)36(34-31(38)21-33-15-16-42-4)27(19-25-10-8-7-9-11-25)28(37)23-35(22-24(2)3)45(40,41)26-13-14-29-30(20-26)44-18-17-43-29/h1,7-11,13-14,20,24,27-28,33,37H,6,12,15-19,21-23H2,2-4H3,(H,34,38)/t27?,28-/m1/s1. The number of sulfonamides is 1. The van der Waals surface area contributed by atoms with E-state index in [1.54, 1.807) is 13.2 Å². The number of ether oxygens (including phenoxy) is 3. The van der Waals surface area contributed by atoms with Gasteiger partial charge in [-0.05, 0) is 30.0 Å². The van der Waals surface area contributed by atoms with Crippen molar-refractivity contribution in [2.75, 3.05) is 53.1 Å². The Balaban J connectivity index is 1.96. The van der Waals surface area contributed by atoms with Gasteiger partial charge in [-0.25, -0.2) is 13.4 Å². The largest absolute Gasteiger partial charge is 0.486 e. The summed E-state index contributed by atoms with van der Waals surface area (Å²) in [5.41, 5.74) is 3.41. The van der Waals surface area contributed by atoms with E-state index in [4.69, 9.17) is 20.6 Å². The summed E-state index contributed by atoms with van der Waals surface area (Å²) >= 11 is 0. The fourth-order valence-corrected chi connectivity index (χ4v) is 6.41. The number of hydrazine groups is 1. The minimum Gasteiger partial charge on any atom is -0.486 e. The van der Waals surface area contributed by atoms with E-state index < -0.39 is 34.0 Å². The van der Waals surface area contributed by atoms with Crippen molar-refractivity contribution in [2.45, 2.75) is 50.2 Å². The highest BCUT2D eigenvalue weighted by Gasteiger charge is 2.36. The normalized spacial score (nSPS) is 14.1. The molecule has 2 amide bonds. The van der Waals surface area contributed by atoms with Crippen LogP contribution in [0.25, 0.3) is 0 Å². The molecule has 0 aromatic heterocycles. The maximum atomic E-state index is 14.0. The monoisotopic (exact) mass is 644 g/mol. The Bertz CT molecular complexity index is 1400. The molecule has 0 saturated carbocycles. The quantitative estimate of drug-likeness (QED) is 0.133. The van der Waals surface area contributed by atoms with Crippen LogP contribution in [0, 0.1) is 18.3 Å². The van der Waals surface area contributed by atoms with Crippen LogP contribution >= 0.6 is 0 Å². The zero-order chi connectivity index (χ0) is 32.8. The number of nitrogens with one attached hydrogen (secondary N) is 2. The van der Waals surface area contributed by atoms with E-state index in [0.29, 0.717) is 37.9 Å². The van der Waals surface area contributed by atoms with Gasteiger partial charge in [0.2, 0.25) is 15.9 Å². The van der Waals surface area contributed by atoms with Crippen LogP contribution in [0.2, 0.25) is 0 Å². The number of terminal acetylenes is 1. The molecule has 0 fully saturated rings. The van der Waals surface area contributed by atoms with E-state index in [1.807, 2.05) is 44.2 Å². The third kappa shape index (κ3) is 10.7. The van der Waals surface area contributed by atoms with Gasteiger partial charge in [-0.15, -0.1) is 12.3 Å². The minimum atomic E-state index is -4.13. The van der Waals surface area contributed by atoms with Crippen LogP contribution in [-0.2, 0) is 30.8 Å². The molecule has 1 aliphatic rings. The highest BCUT2D eigenvalue weighted by molar-refractivity contribution is 7.89. The van der Waals surface area contributed by atoms with Gasteiger partial charge >= 0.3 is 0 Å². The molecule has 1 heterocycles. The second-order valence-electron chi connectivity index (χ2n) is 11.0. The Morgan fingerprint density at radius 1 is 1.09 bits per heavy atom. The molecular weight excluding hydrogens is 600 g/mol. The van der Waals surface area contributed by atoms with E-state index >= 15 is 0 Å². The summed E-state index contributed by atoms with van der Waals surface area (Å²) in [6.07, 6.45) is 4.16. The van der Waals surface area contributed by atoms with Crippen LogP contribution < -0.4 is 20.2 Å². The van der Waals surface area contributed by atoms with Crippen molar-refractivity contribution in [3.63, 3.8) is 0 Å². The zero-order valence-corrected chi connectivity index (χ0v) is 26.9. The molecule has 3 N–H and O–H groups in total. The Labute approximate surface area is 266 Å². The van der Waals surface area contributed by atoms with Crippen LogP contribution in [0.5, 0.6) is 11.5 Å². The predicted molar refractivity (Wildman–Crippen MR) is 169 cm³/mol. The minimum absolute atomic E-state index is 0.0170. The average molecular weight is 645 g/mol. The first kappa shape index (κ1) is 35.8. The molecular formula is C32H44N4O8S. The molecule has 0 bridgehead atoms. The first-order valence-corrected chi connectivity index (χ1v) is 16.4. The Hall–Kier alpha value is -3.67. The Morgan fingerprint density at radius 2 is 1.80 bits per heavy atom. The topological polar surface area (TPSA) is 147 Å². The van der Waals surface area contributed by atoms with Crippen LogP contribution in [-0.4, -0.2) is 99.9 Å². The summed E-state index contributed by atoms with van der Waals surface area (Å²) in [6, 6.07) is 12.5. The van der Waals surface area contributed by atoms with Crippen molar-refractivity contribution in [3.05, 3.63) is 54.1 Å². The first-order chi connectivity index (χ1) is 21.6. The van der Waals surface area contributed by atoms with E-state index in [9.17, 15) is 23.1 Å². The highest BCUT2D eigenvalue weighted by atomic mass is 32.2. The molecule has 3 rings (SSSR count). The molecule has 45 heavy (non-hydrogen) atoms. The van der Waals surface area contributed by atoms with Gasteiger partial charge in [0.05, 0.1) is 30.2 Å². The summed E-state index contributed by atoms with van der Waals surface area (Å²) in [5.74, 6) is 2.08. The van der Waals surface area contributed by atoms with Crippen LogP contribution in [0.4, 0.5) is 0 Å². The van der Waals surface area contributed by atoms with Gasteiger partial charge in [0, 0.05) is 45.7 Å². The van der Waals surface area contributed by atoms with E-state index in [0.717, 1.165) is 10.6 Å². The van der Waals surface area contributed by atoms with Crippen molar-refractivity contribution in [1.82, 2.24) is 20.1 Å². The summed E-state index contributed by atoms with van der Waals surface area (Å²) in [6.45, 7) is 4.81. The van der Waals surface area contributed by atoms with Gasteiger partial charge in [0.25, 0.3) is 5.91 Å². The molecule has 0 saturated heterocycles. The van der Waals surface area contributed by atoms with E-state index in [-0.39, 0.29) is 49.7 Å². The Kier molecular flexibility index (Phi) is 14.1. The van der Waals surface area contributed by atoms with Gasteiger partial charge in [0.15, 0.2) is 11.5 Å². The summed E-state index contributed by atoms with van der Waals surface area (Å²) in [7, 11) is -2.59. The number of nitrogens with zero attached hydrogens (tertiary/aromatic N) is 2. The van der Waals surface area contributed by atoms with E-state index in [2.05, 4.69) is 16.7 Å². The lowest BCUT2D eigenvalue weighted by Crippen LogP contribution is -2.60. The van der Waals surface area contributed by atoms with Crippen LogP contribution in [0.15, 0.2) is 53.4 Å². The van der Waals surface area contributed by atoms with Crippen molar-refractivity contribution >= 4 is 21.8 Å². The highest BCUT2D eigenvalue weighted by Crippen LogP contribution is 2.33. The Morgan fingerprint density at radius 3 is 2.47 bits per heavy atom. The second kappa shape index (κ2) is 17.7. The zero-order valence-electron chi connectivity index (χ0n) is 26.1. The molecule has 0 radical (unpaired) electrons. The van der Waals surface area contributed by atoms with Gasteiger partial charge in [0.1, 0.15) is 13.2 Å². The molecule has 2 aromatic carbocycles. The molecule has 2 aromatic rings. The smallest absolute Gasteiger partial charge is 0.252 e. The van der Waals surface area contributed by atoms with Crippen LogP contribution in [0.1, 0.15) is 32.3 Å².